The maximum absolute atomic E-state index is 13.6. The zero-order valence-electron chi connectivity index (χ0n) is 11.4. The Morgan fingerprint density at radius 2 is 2.10 bits per heavy atom. The number of ether oxygens (including phenoxy) is 1. The Hall–Kier alpha value is -1.65. The number of nitrogens with zero attached hydrogens (tertiary/aromatic N) is 1. The Balaban J connectivity index is 2.16. The molecular formula is C15H16ClFN2O. The fourth-order valence-corrected chi connectivity index (χ4v) is 2.03. The molecule has 0 aliphatic heterocycles. The van der Waals surface area contributed by atoms with Gasteiger partial charge >= 0.3 is 0 Å². The number of benzene rings is 1. The summed E-state index contributed by atoms with van der Waals surface area (Å²) < 4.78 is 19.3. The van der Waals surface area contributed by atoms with E-state index in [9.17, 15) is 4.39 Å². The zero-order valence-corrected chi connectivity index (χ0v) is 12.2. The van der Waals surface area contributed by atoms with Crippen molar-refractivity contribution in [2.75, 3.05) is 7.05 Å². The molecule has 0 amide bonds. The van der Waals surface area contributed by atoms with E-state index in [4.69, 9.17) is 16.3 Å². The monoisotopic (exact) mass is 294 g/mol. The molecule has 0 unspecified atom stereocenters. The van der Waals surface area contributed by atoms with E-state index in [1.165, 1.54) is 12.1 Å². The largest absolute Gasteiger partial charge is 0.487 e. The molecule has 1 N–H and O–H groups in total. The Kier molecular flexibility index (Phi) is 4.93. The molecule has 2 rings (SSSR count). The van der Waals surface area contributed by atoms with Gasteiger partial charge in [-0.1, -0.05) is 11.6 Å². The molecule has 0 bridgehead atoms. The molecule has 0 saturated heterocycles. The highest BCUT2D eigenvalue weighted by Crippen LogP contribution is 2.21. The summed E-state index contributed by atoms with van der Waals surface area (Å²) in [7, 11) is 1.84. The van der Waals surface area contributed by atoms with Crippen LogP contribution in [-0.4, -0.2) is 12.0 Å². The molecule has 2 aromatic rings. The quantitative estimate of drug-likeness (QED) is 0.917. The van der Waals surface area contributed by atoms with Crippen LogP contribution in [0, 0.1) is 12.7 Å². The first-order chi connectivity index (χ1) is 9.60. The Labute approximate surface area is 122 Å². The fourth-order valence-electron chi connectivity index (χ4n) is 1.83. The van der Waals surface area contributed by atoms with Gasteiger partial charge in [-0.05, 0) is 44.3 Å². The van der Waals surface area contributed by atoms with Gasteiger partial charge < -0.3 is 10.1 Å². The summed E-state index contributed by atoms with van der Waals surface area (Å²) in [4.78, 5) is 4.41. The van der Waals surface area contributed by atoms with E-state index in [1.807, 2.05) is 26.1 Å². The van der Waals surface area contributed by atoms with Crippen molar-refractivity contribution in [3.8, 4) is 5.75 Å². The SMILES string of the molecule is CNCc1nc(C)ccc1OCc1cc(Cl)ccc1F. The summed E-state index contributed by atoms with van der Waals surface area (Å²) in [6, 6.07) is 8.12. The maximum Gasteiger partial charge on any atom is 0.142 e. The van der Waals surface area contributed by atoms with Crippen molar-refractivity contribution in [2.45, 2.75) is 20.1 Å². The second kappa shape index (κ2) is 6.68. The van der Waals surface area contributed by atoms with Crippen molar-refractivity contribution in [3.63, 3.8) is 0 Å². The van der Waals surface area contributed by atoms with Crippen LogP contribution < -0.4 is 10.1 Å². The summed E-state index contributed by atoms with van der Waals surface area (Å²) in [5.74, 6) is 0.314. The van der Waals surface area contributed by atoms with Crippen LogP contribution in [0.4, 0.5) is 4.39 Å². The molecule has 0 atom stereocenters. The first-order valence-electron chi connectivity index (χ1n) is 6.28. The summed E-state index contributed by atoms with van der Waals surface area (Å²) in [6.45, 7) is 2.63. The molecule has 106 valence electrons. The van der Waals surface area contributed by atoms with E-state index in [-0.39, 0.29) is 12.4 Å². The van der Waals surface area contributed by atoms with Crippen LogP contribution >= 0.6 is 11.6 Å². The van der Waals surface area contributed by atoms with Crippen molar-refractivity contribution in [1.29, 1.82) is 0 Å². The zero-order chi connectivity index (χ0) is 14.5. The number of aromatic nitrogens is 1. The van der Waals surface area contributed by atoms with Crippen molar-refractivity contribution in [2.24, 2.45) is 0 Å². The van der Waals surface area contributed by atoms with E-state index in [0.717, 1.165) is 11.4 Å². The van der Waals surface area contributed by atoms with Crippen LogP contribution in [0.15, 0.2) is 30.3 Å². The lowest BCUT2D eigenvalue weighted by Gasteiger charge is -2.12. The van der Waals surface area contributed by atoms with Gasteiger partial charge in [-0.15, -0.1) is 0 Å². The topological polar surface area (TPSA) is 34.2 Å². The van der Waals surface area contributed by atoms with Gasteiger partial charge in [0.15, 0.2) is 0 Å². The third-order valence-electron chi connectivity index (χ3n) is 2.81. The first-order valence-corrected chi connectivity index (χ1v) is 6.66. The number of halogens is 2. The van der Waals surface area contributed by atoms with Gasteiger partial charge in [-0.25, -0.2) is 4.39 Å². The molecule has 1 heterocycles. The molecule has 3 nitrogen and oxygen atoms in total. The second-order valence-corrected chi connectivity index (χ2v) is 4.89. The van der Waals surface area contributed by atoms with E-state index in [0.29, 0.717) is 22.9 Å². The van der Waals surface area contributed by atoms with Gasteiger partial charge in [-0.2, -0.15) is 0 Å². The highest BCUT2D eigenvalue weighted by molar-refractivity contribution is 6.30. The lowest BCUT2D eigenvalue weighted by molar-refractivity contribution is 0.294. The van der Waals surface area contributed by atoms with Crippen LogP contribution in [0.3, 0.4) is 0 Å². The van der Waals surface area contributed by atoms with Gasteiger partial charge in [0, 0.05) is 22.8 Å². The van der Waals surface area contributed by atoms with E-state index >= 15 is 0 Å². The maximum atomic E-state index is 13.6. The van der Waals surface area contributed by atoms with Crippen LogP contribution in [-0.2, 0) is 13.2 Å². The molecule has 0 aliphatic carbocycles. The average Bonchev–Trinajstić information content (AvgIpc) is 2.42. The van der Waals surface area contributed by atoms with Gasteiger partial charge in [0.2, 0.25) is 0 Å². The number of hydrogen-bond acceptors (Lipinski definition) is 3. The van der Waals surface area contributed by atoms with Crippen LogP contribution in [0.1, 0.15) is 17.0 Å². The summed E-state index contributed by atoms with van der Waals surface area (Å²) in [5, 5.41) is 3.52. The average molecular weight is 295 g/mol. The Bertz CT molecular complexity index is 604. The van der Waals surface area contributed by atoms with Crippen LogP contribution in [0.25, 0.3) is 0 Å². The summed E-state index contributed by atoms with van der Waals surface area (Å²) in [5.41, 5.74) is 2.14. The van der Waals surface area contributed by atoms with Crippen molar-refractivity contribution >= 4 is 11.6 Å². The highest BCUT2D eigenvalue weighted by Gasteiger charge is 2.08. The Morgan fingerprint density at radius 3 is 2.85 bits per heavy atom. The molecule has 1 aromatic carbocycles. The number of pyridine rings is 1. The lowest BCUT2D eigenvalue weighted by Crippen LogP contribution is -2.10. The standard InChI is InChI=1S/C15H16ClFN2O/c1-10-3-6-15(14(19-10)8-18-2)20-9-11-7-12(16)4-5-13(11)17/h3-7,18H,8-9H2,1-2H3. The number of rotatable bonds is 5. The van der Waals surface area contributed by atoms with Crippen molar-refractivity contribution in [1.82, 2.24) is 10.3 Å². The minimum atomic E-state index is -0.329. The van der Waals surface area contributed by atoms with Crippen molar-refractivity contribution < 1.29 is 9.13 Å². The molecule has 20 heavy (non-hydrogen) atoms. The molecule has 1 aromatic heterocycles. The molecular weight excluding hydrogens is 279 g/mol. The molecule has 0 spiro atoms. The summed E-state index contributed by atoms with van der Waals surface area (Å²) >= 11 is 5.86. The van der Waals surface area contributed by atoms with Gasteiger partial charge in [0.1, 0.15) is 18.2 Å². The molecule has 0 aliphatic rings. The molecule has 0 saturated carbocycles. The van der Waals surface area contributed by atoms with E-state index < -0.39 is 0 Å². The lowest BCUT2D eigenvalue weighted by atomic mass is 10.2. The number of hydrogen-bond donors (Lipinski definition) is 1. The fraction of sp³-hybridized carbons (Fsp3) is 0.267. The Morgan fingerprint density at radius 1 is 1.30 bits per heavy atom. The van der Waals surface area contributed by atoms with Gasteiger partial charge in [-0.3, -0.25) is 4.98 Å². The van der Waals surface area contributed by atoms with Crippen LogP contribution in [0.5, 0.6) is 5.75 Å². The van der Waals surface area contributed by atoms with E-state index in [2.05, 4.69) is 10.3 Å². The van der Waals surface area contributed by atoms with E-state index in [1.54, 1.807) is 6.07 Å². The smallest absolute Gasteiger partial charge is 0.142 e. The second-order valence-electron chi connectivity index (χ2n) is 4.45. The van der Waals surface area contributed by atoms with Gasteiger partial charge in [0.25, 0.3) is 0 Å². The van der Waals surface area contributed by atoms with Gasteiger partial charge in [0.05, 0.1) is 5.69 Å². The molecule has 5 heteroatoms. The predicted octanol–water partition coefficient (Wildman–Crippen LogP) is 3.48. The normalized spacial score (nSPS) is 10.6. The third-order valence-corrected chi connectivity index (χ3v) is 3.04. The minimum absolute atomic E-state index is 0.119. The first kappa shape index (κ1) is 14.8. The predicted molar refractivity (Wildman–Crippen MR) is 77.5 cm³/mol. The highest BCUT2D eigenvalue weighted by atomic mass is 35.5. The van der Waals surface area contributed by atoms with Crippen LogP contribution in [0.2, 0.25) is 5.02 Å². The molecule has 0 radical (unpaired) electrons. The minimum Gasteiger partial charge on any atom is -0.487 e. The third kappa shape index (κ3) is 3.68. The molecule has 0 fully saturated rings. The number of nitrogens with one attached hydrogen (secondary N) is 1. The van der Waals surface area contributed by atoms with Crippen molar-refractivity contribution in [3.05, 3.63) is 58.1 Å². The number of aryl methyl sites for hydroxylation is 1. The summed E-state index contributed by atoms with van der Waals surface area (Å²) in [6.07, 6.45) is 0.